The molecule has 0 unspecified atom stereocenters. The highest BCUT2D eigenvalue weighted by Gasteiger charge is 2.18. The van der Waals surface area contributed by atoms with Crippen molar-refractivity contribution in [3.05, 3.63) is 50.6 Å². The van der Waals surface area contributed by atoms with Gasteiger partial charge in [-0.3, -0.25) is 4.79 Å². The van der Waals surface area contributed by atoms with E-state index < -0.39 is 0 Å². The van der Waals surface area contributed by atoms with Crippen molar-refractivity contribution in [2.24, 2.45) is 0 Å². The normalized spacial score (nSPS) is 15.0. The highest BCUT2D eigenvalue weighted by Crippen LogP contribution is 2.27. The van der Waals surface area contributed by atoms with Crippen molar-refractivity contribution >= 4 is 33.2 Å². The van der Waals surface area contributed by atoms with Crippen LogP contribution in [0.15, 0.2) is 40.2 Å². The Labute approximate surface area is 142 Å². The van der Waals surface area contributed by atoms with Gasteiger partial charge in [0.05, 0.1) is 6.10 Å². The number of hydrogen-bond acceptors (Lipinski definition) is 3. The third-order valence-corrected chi connectivity index (χ3v) is 5.67. The van der Waals surface area contributed by atoms with Gasteiger partial charge in [-0.25, -0.2) is 0 Å². The van der Waals surface area contributed by atoms with Crippen LogP contribution in [0.4, 0.5) is 0 Å². The first-order valence-corrected chi connectivity index (χ1v) is 9.17. The van der Waals surface area contributed by atoms with E-state index in [0.29, 0.717) is 17.5 Å². The Kier molecular flexibility index (Phi) is 5.16. The van der Waals surface area contributed by atoms with E-state index in [1.807, 2.05) is 35.7 Å². The SMILES string of the molecule is O=C(NCc1ccccc1OC1CCCC1)c1sccc1Br. The standard InChI is InChI=1S/C17H18BrNO2S/c18-14-9-10-22-16(14)17(20)19-11-12-5-1-4-8-15(12)21-13-6-2-3-7-13/h1,4-5,8-10,13H,2-3,6-7,11H2,(H,19,20). The molecule has 22 heavy (non-hydrogen) atoms. The van der Waals surface area contributed by atoms with Gasteiger partial charge in [-0.05, 0) is 59.1 Å². The van der Waals surface area contributed by atoms with E-state index in [1.165, 1.54) is 24.2 Å². The molecule has 1 heterocycles. The number of thiophene rings is 1. The van der Waals surface area contributed by atoms with E-state index in [0.717, 1.165) is 28.6 Å². The maximum atomic E-state index is 12.2. The number of halogens is 1. The maximum Gasteiger partial charge on any atom is 0.262 e. The molecule has 0 aliphatic heterocycles. The van der Waals surface area contributed by atoms with Crippen LogP contribution in [-0.4, -0.2) is 12.0 Å². The lowest BCUT2D eigenvalue weighted by atomic mass is 10.2. The van der Waals surface area contributed by atoms with Crippen LogP contribution in [0.5, 0.6) is 5.75 Å². The Morgan fingerprint density at radius 2 is 2.05 bits per heavy atom. The number of para-hydroxylation sites is 1. The third kappa shape index (κ3) is 3.70. The fraction of sp³-hybridized carbons (Fsp3) is 0.353. The molecule has 1 aromatic heterocycles. The number of carbonyl (C=O) groups is 1. The molecule has 0 saturated heterocycles. The van der Waals surface area contributed by atoms with Crippen molar-refractivity contribution in [2.45, 2.75) is 38.3 Å². The molecule has 1 aliphatic rings. The average Bonchev–Trinajstić information content (AvgIpc) is 3.17. The van der Waals surface area contributed by atoms with E-state index in [2.05, 4.69) is 21.2 Å². The zero-order valence-electron chi connectivity index (χ0n) is 12.2. The van der Waals surface area contributed by atoms with Crippen LogP contribution in [0, 0.1) is 0 Å². The molecule has 5 heteroatoms. The number of carbonyl (C=O) groups excluding carboxylic acids is 1. The lowest BCUT2D eigenvalue weighted by Crippen LogP contribution is -2.23. The van der Waals surface area contributed by atoms with E-state index in [-0.39, 0.29) is 5.91 Å². The van der Waals surface area contributed by atoms with Gasteiger partial charge in [0.25, 0.3) is 5.91 Å². The third-order valence-electron chi connectivity index (χ3n) is 3.83. The molecular weight excluding hydrogens is 362 g/mol. The van der Waals surface area contributed by atoms with Gasteiger partial charge in [0.15, 0.2) is 0 Å². The number of hydrogen-bond donors (Lipinski definition) is 1. The summed E-state index contributed by atoms with van der Waals surface area (Å²) in [5.41, 5.74) is 1.02. The number of ether oxygens (including phenoxy) is 1. The van der Waals surface area contributed by atoms with Crippen molar-refractivity contribution in [3.8, 4) is 5.75 Å². The summed E-state index contributed by atoms with van der Waals surface area (Å²) >= 11 is 4.82. The fourth-order valence-electron chi connectivity index (χ4n) is 2.66. The Bertz CT molecular complexity index is 650. The average molecular weight is 380 g/mol. The van der Waals surface area contributed by atoms with Crippen LogP contribution in [0.25, 0.3) is 0 Å². The van der Waals surface area contributed by atoms with Crippen molar-refractivity contribution in [3.63, 3.8) is 0 Å². The Morgan fingerprint density at radius 3 is 2.77 bits per heavy atom. The summed E-state index contributed by atoms with van der Waals surface area (Å²) in [5, 5.41) is 4.87. The van der Waals surface area contributed by atoms with Gasteiger partial charge < -0.3 is 10.1 Å². The van der Waals surface area contributed by atoms with Gasteiger partial charge in [-0.1, -0.05) is 18.2 Å². The zero-order chi connectivity index (χ0) is 15.4. The van der Waals surface area contributed by atoms with Gasteiger partial charge in [0, 0.05) is 16.6 Å². The number of rotatable bonds is 5. The van der Waals surface area contributed by atoms with E-state index in [9.17, 15) is 4.79 Å². The molecule has 0 atom stereocenters. The maximum absolute atomic E-state index is 12.2. The van der Waals surface area contributed by atoms with Crippen molar-refractivity contribution in [1.82, 2.24) is 5.32 Å². The quantitative estimate of drug-likeness (QED) is 0.812. The van der Waals surface area contributed by atoms with Crippen LogP contribution in [0.3, 0.4) is 0 Å². The first kappa shape index (κ1) is 15.6. The molecule has 2 aromatic rings. The summed E-state index contributed by atoms with van der Waals surface area (Å²) in [4.78, 5) is 12.9. The van der Waals surface area contributed by atoms with Crippen molar-refractivity contribution in [1.29, 1.82) is 0 Å². The van der Waals surface area contributed by atoms with Crippen LogP contribution in [0.1, 0.15) is 40.9 Å². The summed E-state index contributed by atoms with van der Waals surface area (Å²) < 4.78 is 6.93. The molecule has 1 aromatic carbocycles. The summed E-state index contributed by atoms with van der Waals surface area (Å²) in [5.74, 6) is 0.831. The number of nitrogens with one attached hydrogen (secondary N) is 1. The molecular formula is C17H18BrNO2S. The molecule has 1 fully saturated rings. The predicted octanol–water partition coefficient (Wildman–Crippen LogP) is 4.76. The molecule has 116 valence electrons. The summed E-state index contributed by atoms with van der Waals surface area (Å²) in [6.45, 7) is 0.478. The first-order valence-electron chi connectivity index (χ1n) is 7.50. The molecule has 1 saturated carbocycles. The molecule has 0 radical (unpaired) electrons. The predicted molar refractivity (Wildman–Crippen MR) is 92.5 cm³/mol. The summed E-state index contributed by atoms with van der Waals surface area (Å²) in [7, 11) is 0. The van der Waals surface area contributed by atoms with Crippen molar-refractivity contribution < 1.29 is 9.53 Å². The highest BCUT2D eigenvalue weighted by molar-refractivity contribution is 9.10. The molecule has 0 spiro atoms. The second kappa shape index (κ2) is 7.29. The minimum absolute atomic E-state index is 0.0578. The smallest absolute Gasteiger partial charge is 0.262 e. The van der Waals surface area contributed by atoms with Crippen LogP contribution in [-0.2, 0) is 6.54 Å². The molecule has 3 rings (SSSR count). The van der Waals surface area contributed by atoms with Gasteiger partial charge in [-0.2, -0.15) is 0 Å². The molecule has 1 amide bonds. The second-order valence-electron chi connectivity index (χ2n) is 5.41. The summed E-state index contributed by atoms with van der Waals surface area (Å²) in [6, 6.07) is 9.83. The minimum atomic E-state index is -0.0578. The second-order valence-corrected chi connectivity index (χ2v) is 7.18. The van der Waals surface area contributed by atoms with Crippen LogP contribution in [0.2, 0.25) is 0 Å². The van der Waals surface area contributed by atoms with Gasteiger partial charge >= 0.3 is 0 Å². The Balaban J connectivity index is 1.64. The zero-order valence-corrected chi connectivity index (χ0v) is 14.6. The molecule has 0 bridgehead atoms. The molecule has 1 aliphatic carbocycles. The number of amides is 1. The minimum Gasteiger partial charge on any atom is -0.490 e. The first-order chi connectivity index (χ1) is 10.7. The lowest BCUT2D eigenvalue weighted by Gasteiger charge is -2.16. The van der Waals surface area contributed by atoms with E-state index >= 15 is 0 Å². The van der Waals surface area contributed by atoms with E-state index in [1.54, 1.807) is 0 Å². The Hall–Kier alpha value is -1.33. The Morgan fingerprint density at radius 1 is 1.27 bits per heavy atom. The van der Waals surface area contributed by atoms with E-state index in [4.69, 9.17) is 4.74 Å². The molecule has 1 N–H and O–H groups in total. The lowest BCUT2D eigenvalue weighted by molar-refractivity contribution is 0.0954. The summed E-state index contributed by atoms with van der Waals surface area (Å²) in [6.07, 6.45) is 5.07. The van der Waals surface area contributed by atoms with Gasteiger partial charge in [-0.15, -0.1) is 11.3 Å². The highest BCUT2D eigenvalue weighted by atomic mass is 79.9. The van der Waals surface area contributed by atoms with Gasteiger partial charge in [0.1, 0.15) is 10.6 Å². The van der Waals surface area contributed by atoms with Crippen LogP contribution >= 0.6 is 27.3 Å². The topological polar surface area (TPSA) is 38.3 Å². The molecule has 3 nitrogen and oxygen atoms in total. The van der Waals surface area contributed by atoms with Crippen molar-refractivity contribution in [2.75, 3.05) is 0 Å². The number of benzene rings is 1. The fourth-order valence-corrected chi connectivity index (χ4v) is 4.13. The largest absolute Gasteiger partial charge is 0.490 e. The monoisotopic (exact) mass is 379 g/mol. The van der Waals surface area contributed by atoms with Crippen LogP contribution < -0.4 is 10.1 Å². The van der Waals surface area contributed by atoms with Gasteiger partial charge in [0.2, 0.25) is 0 Å².